The summed E-state index contributed by atoms with van der Waals surface area (Å²) >= 11 is 0. The molecule has 2 saturated heterocycles. The summed E-state index contributed by atoms with van der Waals surface area (Å²) in [5, 5.41) is 21.6. The van der Waals surface area contributed by atoms with Crippen LogP contribution >= 0.6 is 0 Å². The van der Waals surface area contributed by atoms with Crippen molar-refractivity contribution in [2.45, 2.75) is 50.0 Å². The molecule has 1 aromatic heterocycles. The lowest BCUT2D eigenvalue weighted by Crippen LogP contribution is -2.55. The van der Waals surface area contributed by atoms with E-state index >= 15 is 0 Å². The third kappa shape index (κ3) is 3.34. The normalized spacial score (nSPS) is 27.1. The van der Waals surface area contributed by atoms with E-state index in [0.717, 1.165) is 18.9 Å². The number of hydrogen-bond donors (Lipinski definition) is 2. The first kappa shape index (κ1) is 18.0. The van der Waals surface area contributed by atoms with Gasteiger partial charge in [0.25, 0.3) is 6.43 Å². The second-order valence-corrected chi connectivity index (χ2v) is 7.26. The number of alkyl halides is 3. The van der Waals surface area contributed by atoms with Crippen molar-refractivity contribution in [3.05, 3.63) is 35.9 Å². The molecule has 2 aromatic rings. The van der Waals surface area contributed by atoms with Crippen molar-refractivity contribution in [3.8, 4) is 17.0 Å². The second kappa shape index (κ2) is 6.99. The van der Waals surface area contributed by atoms with E-state index in [1.807, 2.05) is 4.90 Å². The number of benzene rings is 1. The van der Waals surface area contributed by atoms with E-state index in [9.17, 15) is 18.3 Å². The largest absolute Gasteiger partial charge is 0.507 e. The molecule has 2 fully saturated rings. The van der Waals surface area contributed by atoms with Gasteiger partial charge in [0, 0.05) is 30.3 Å². The Morgan fingerprint density at radius 3 is 2.67 bits per heavy atom. The number of nitrogens with zero attached hydrogens (tertiary/aromatic N) is 3. The lowest BCUT2D eigenvalue weighted by atomic mass is 9.96. The third-order valence-corrected chi connectivity index (χ3v) is 5.61. The van der Waals surface area contributed by atoms with Gasteiger partial charge in [-0.25, -0.2) is 13.2 Å². The van der Waals surface area contributed by atoms with Gasteiger partial charge >= 0.3 is 0 Å². The zero-order chi connectivity index (χ0) is 19.1. The van der Waals surface area contributed by atoms with Crippen molar-refractivity contribution in [2.24, 2.45) is 0 Å². The zero-order valence-electron chi connectivity index (χ0n) is 14.8. The molecule has 2 aliphatic heterocycles. The van der Waals surface area contributed by atoms with Crippen molar-refractivity contribution in [1.82, 2.24) is 15.5 Å². The van der Waals surface area contributed by atoms with Crippen molar-refractivity contribution >= 4 is 5.82 Å². The highest BCUT2D eigenvalue weighted by Crippen LogP contribution is 2.34. The Balaban J connectivity index is 1.54. The summed E-state index contributed by atoms with van der Waals surface area (Å²) in [5.41, 5.74) is 0.437. The Labute approximate surface area is 155 Å². The number of aromatic hydroxyl groups is 1. The predicted octanol–water partition coefficient (Wildman–Crippen LogP) is 3.45. The summed E-state index contributed by atoms with van der Waals surface area (Å²) in [7, 11) is 1.81. The number of anilines is 1. The molecule has 0 spiro atoms. The van der Waals surface area contributed by atoms with Crippen LogP contribution in [0.3, 0.4) is 0 Å². The molecule has 3 heterocycles. The highest BCUT2D eigenvalue weighted by Gasteiger charge is 2.43. The molecule has 2 N–H and O–H groups in total. The lowest BCUT2D eigenvalue weighted by molar-refractivity contribution is 0.151. The fourth-order valence-corrected chi connectivity index (χ4v) is 4.08. The number of nitrogens with one attached hydrogen (secondary N) is 1. The predicted molar refractivity (Wildman–Crippen MR) is 95.7 cm³/mol. The first-order valence-electron chi connectivity index (χ1n) is 9.02. The van der Waals surface area contributed by atoms with Crippen LogP contribution in [0.15, 0.2) is 30.3 Å². The maximum absolute atomic E-state index is 14.7. The van der Waals surface area contributed by atoms with Gasteiger partial charge in [-0.2, -0.15) is 0 Å². The molecule has 4 rings (SSSR count). The fourth-order valence-electron chi connectivity index (χ4n) is 4.08. The Morgan fingerprint density at radius 1 is 1.19 bits per heavy atom. The number of phenolic OH excluding ortho intramolecular Hbond substituents is 1. The highest BCUT2D eigenvalue weighted by atomic mass is 19.3. The van der Waals surface area contributed by atoms with Crippen LogP contribution < -0.4 is 10.2 Å². The summed E-state index contributed by atoms with van der Waals surface area (Å²) in [4.78, 5) is 1.81. The minimum atomic E-state index is -2.65. The number of hydrogen-bond acceptors (Lipinski definition) is 5. The summed E-state index contributed by atoms with van der Waals surface area (Å²) in [6.07, 6.45) is -1.06. The topological polar surface area (TPSA) is 61.3 Å². The van der Waals surface area contributed by atoms with Crippen LogP contribution in [-0.4, -0.2) is 46.6 Å². The van der Waals surface area contributed by atoms with E-state index < -0.39 is 12.6 Å². The van der Waals surface area contributed by atoms with Crippen molar-refractivity contribution < 1.29 is 18.3 Å². The minimum Gasteiger partial charge on any atom is -0.507 e. The number of phenols is 1. The van der Waals surface area contributed by atoms with Gasteiger partial charge in [0.1, 0.15) is 11.9 Å². The SMILES string of the molecule is CN(c1ccc(-c2ccc(C(F)F)cc2O)nn1)[C@H]1CC2CCC(N2)[C@H]1F. The smallest absolute Gasteiger partial charge is 0.263 e. The Bertz CT molecular complexity index is 817. The molecule has 0 saturated carbocycles. The van der Waals surface area contributed by atoms with Crippen LogP contribution in [0.25, 0.3) is 11.3 Å². The quantitative estimate of drug-likeness (QED) is 0.853. The molecular formula is C19H21F3N4O. The van der Waals surface area contributed by atoms with E-state index in [1.165, 1.54) is 12.1 Å². The molecular weight excluding hydrogens is 357 g/mol. The summed E-state index contributed by atoms with van der Waals surface area (Å²) in [5.74, 6) is 0.262. The van der Waals surface area contributed by atoms with E-state index in [1.54, 1.807) is 19.2 Å². The fraction of sp³-hybridized carbons (Fsp3) is 0.474. The Kier molecular flexibility index (Phi) is 4.67. The maximum Gasteiger partial charge on any atom is 0.263 e. The van der Waals surface area contributed by atoms with Crippen molar-refractivity contribution in [1.29, 1.82) is 0 Å². The van der Waals surface area contributed by atoms with Gasteiger partial charge < -0.3 is 15.3 Å². The molecule has 8 heteroatoms. The molecule has 1 aromatic carbocycles. The standard InChI is InChI=1S/C19H21F3N4O/c1-26(15-9-11-3-5-14(23-11)18(15)20)17-7-6-13(24-25-17)12-4-2-10(19(21)22)8-16(12)27/h2,4,6-8,11,14-15,18-19,23,27H,3,5,9H2,1H3/t11?,14?,15-,18+/m0/s1. The van der Waals surface area contributed by atoms with Crippen molar-refractivity contribution in [2.75, 3.05) is 11.9 Å². The molecule has 27 heavy (non-hydrogen) atoms. The van der Waals surface area contributed by atoms with Crippen LogP contribution in [0.2, 0.25) is 0 Å². The van der Waals surface area contributed by atoms with Gasteiger partial charge in [0.2, 0.25) is 0 Å². The summed E-state index contributed by atoms with van der Waals surface area (Å²) in [6.45, 7) is 0. The lowest BCUT2D eigenvalue weighted by Gasteiger charge is -2.38. The zero-order valence-corrected chi connectivity index (χ0v) is 14.8. The van der Waals surface area contributed by atoms with Crippen LogP contribution in [0, 0.1) is 0 Å². The van der Waals surface area contributed by atoms with E-state index in [0.29, 0.717) is 29.5 Å². The van der Waals surface area contributed by atoms with Gasteiger partial charge in [0.05, 0.1) is 11.7 Å². The molecule has 2 bridgehead atoms. The molecule has 2 unspecified atom stereocenters. The average molecular weight is 378 g/mol. The van der Waals surface area contributed by atoms with Gasteiger partial charge in [-0.1, -0.05) is 6.07 Å². The number of piperidine rings is 1. The Morgan fingerprint density at radius 2 is 2.00 bits per heavy atom. The summed E-state index contributed by atoms with van der Waals surface area (Å²) < 4.78 is 40.2. The molecule has 0 amide bonds. The van der Waals surface area contributed by atoms with Crippen LogP contribution in [0.4, 0.5) is 19.0 Å². The minimum absolute atomic E-state index is 0.103. The van der Waals surface area contributed by atoms with E-state index in [4.69, 9.17) is 0 Å². The van der Waals surface area contributed by atoms with Gasteiger partial charge in [0.15, 0.2) is 5.82 Å². The molecule has 0 aliphatic carbocycles. The van der Waals surface area contributed by atoms with Crippen LogP contribution in [0.1, 0.15) is 31.3 Å². The first-order chi connectivity index (χ1) is 12.9. The number of fused-ring (bicyclic) bond motifs is 2. The van der Waals surface area contributed by atoms with Crippen molar-refractivity contribution in [3.63, 3.8) is 0 Å². The Hall–Kier alpha value is -2.35. The molecule has 4 atom stereocenters. The van der Waals surface area contributed by atoms with E-state index in [2.05, 4.69) is 15.5 Å². The second-order valence-electron chi connectivity index (χ2n) is 7.26. The maximum atomic E-state index is 14.7. The third-order valence-electron chi connectivity index (χ3n) is 5.61. The molecule has 2 aliphatic rings. The first-order valence-corrected chi connectivity index (χ1v) is 9.02. The van der Waals surface area contributed by atoms with Gasteiger partial charge in [-0.05, 0) is 43.5 Å². The number of aromatic nitrogens is 2. The van der Waals surface area contributed by atoms with Crippen LogP contribution in [0.5, 0.6) is 5.75 Å². The van der Waals surface area contributed by atoms with Gasteiger partial charge in [-0.15, -0.1) is 10.2 Å². The van der Waals surface area contributed by atoms with Gasteiger partial charge in [-0.3, -0.25) is 0 Å². The molecule has 0 radical (unpaired) electrons. The number of halogens is 3. The van der Waals surface area contributed by atoms with Crippen LogP contribution in [-0.2, 0) is 0 Å². The molecule has 5 nitrogen and oxygen atoms in total. The highest BCUT2D eigenvalue weighted by molar-refractivity contribution is 5.67. The molecule has 144 valence electrons. The van der Waals surface area contributed by atoms with E-state index in [-0.39, 0.29) is 23.4 Å². The monoisotopic (exact) mass is 378 g/mol. The summed E-state index contributed by atoms with van der Waals surface area (Å²) in [6, 6.07) is 7.01. The average Bonchev–Trinajstić information content (AvgIpc) is 3.08. The number of rotatable bonds is 4.